The number of halogens is 6. The molecule has 1 spiro atoms. The minimum atomic E-state index is -4.94. The van der Waals surface area contributed by atoms with Crippen molar-refractivity contribution < 1.29 is 45.7 Å². The van der Waals surface area contributed by atoms with Crippen molar-refractivity contribution in [2.75, 3.05) is 39.5 Å². The second-order valence-electron chi connectivity index (χ2n) is 11.5. The van der Waals surface area contributed by atoms with E-state index in [1.165, 1.54) is 6.92 Å². The fraction of sp³-hybridized carbons (Fsp3) is 0.600. The number of hydrogen-bond acceptors (Lipinski definition) is 5. The first-order valence-electron chi connectivity index (χ1n) is 14.0. The molecule has 3 fully saturated rings. The molecule has 11 heteroatoms. The summed E-state index contributed by atoms with van der Waals surface area (Å²) in [7, 11) is 0. The Balaban J connectivity index is 1.36. The number of rotatable bonds is 6. The molecule has 0 saturated carbocycles. The Morgan fingerprint density at radius 1 is 1.00 bits per heavy atom. The molecule has 5 unspecified atom stereocenters. The quantitative estimate of drug-likeness (QED) is 0.396. The first-order valence-corrected chi connectivity index (χ1v) is 14.0. The first-order chi connectivity index (χ1) is 19.4. The summed E-state index contributed by atoms with van der Waals surface area (Å²) in [5.41, 5.74) is -2.24. The molecular formula is C30H35F6NO4. The maximum Gasteiger partial charge on any atom is 0.416 e. The van der Waals surface area contributed by atoms with Crippen LogP contribution in [-0.4, -0.2) is 61.9 Å². The van der Waals surface area contributed by atoms with E-state index in [1.807, 2.05) is 30.3 Å². The minimum Gasteiger partial charge on any atom is -0.390 e. The predicted octanol–water partition coefficient (Wildman–Crippen LogP) is 6.42. The van der Waals surface area contributed by atoms with Gasteiger partial charge >= 0.3 is 12.4 Å². The average Bonchev–Trinajstić information content (AvgIpc) is 3.28. The molecule has 2 aromatic rings. The summed E-state index contributed by atoms with van der Waals surface area (Å²) in [6, 6.07) is 11.1. The highest BCUT2D eigenvalue weighted by atomic mass is 19.4. The van der Waals surface area contributed by atoms with Gasteiger partial charge in [-0.25, -0.2) is 0 Å². The minimum absolute atomic E-state index is 0.0781. The summed E-state index contributed by atoms with van der Waals surface area (Å²) in [6.45, 7) is 5.05. The normalized spacial score (nSPS) is 28.2. The monoisotopic (exact) mass is 587 g/mol. The molecule has 3 saturated heterocycles. The lowest BCUT2D eigenvalue weighted by Crippen LogP contribution is -2.49. The first kappa shape index (κ1) is 30.3. The predicted molar refractivity (Wildman–Crippen MR) is 138 cm³/mol. The molecule has 1 N–H and O–H groups in total. The summed E-state index contributed by atoms with van der Waals surface area (Å²) in [5, 5.41) is 10.4. The van der Waals surface area contributed by atoms with Gasteiger partial charge in [0.25, 0.3) is 0 Å². The van der Waals surface area contributed by atoms with Crippen molar-refractivity contribution in [3.8, 4) is 0 Å². The largest absolute Gasteiger partial charge is 0.416 e. The van der Waals surface area contributed by atoms with Crippen LogP contribution in [0.15, 0.2) is 48.5 Å². The van der Waals surface area contributed by atoms with Gasteiger partial charge in [-0.05, 0) is 74.5 Å². The zero-order chi connectivity index (χ0) is 29.4. The van der Waals surface area contributed by atoms with Gasteiger partial charge in [0.1, 0.15) is 0 Å². The van der Waals surface area contributed by atoms with Crippen molar-refractivity contribution >= 4 is 0 Å². The number of aliphatic hydroxyl groups excluding tert-OH is 1. The average molecular weight is 588 g/mol. The highest BCUT2D eigenvalue weighted by Crippen LogP contribution is 2.43. The molecular weight excluding hydrogens is 552 g/mol. The van der Waals surface area contributed by atoms with Crippen molar-refractivity contribution in [2.24, 2.45) is 11.3 Å². The second kappa shape index (κ2) is 11.8. The zero-order valence-electron chi connectivity index (χ0n) is 22.8. The summed E-state index contributed by atoms with van der Waals surface area (Å²) < 4.78 is 98.5. The molecule has 5 atom stereocenters. The van der Waals surface area contributed by atoms with Crippen LogP contribution in [0.5, 0.6) is 0 Å². The van der Waals surface area contributed by atoms with E-state index in [9.17, 15) is 31.4 Å². The molecule has 3 heterocycles. The number of piperidine rings is 1. The number of likely N-dealkylation sites (tertiary alicyclic amines) is 1. The van der Waals surface area contributed by atoms with Crippen LogP contribution >= 0.6 is 0 Å². The van der Waals surface area contributed by atoms with Gasteiger partial charge in [0.15, 0.2) is 6.29 Å². The van der Waals surface area contributed by atoms with Crippen molar-refractivity contribution in [1.82, 2.24) is 4.90 Å². The lowest BCUT2D eigenvalue weighted by Gasteiger charge is -2.44. The summed E-state index contributed by atoms with van der Waals surface area (Å²) in [4.78, 5) is 2.35. The molecule has 0 amide bonds. The van der Waals surface area contributed by atoms with Crippen molar-refractivity contribution in [2.45, 2.75) is 63.0 Å². The van der Waals surface area contributed by atoms with Gasteiger partial charge in [0.2, 0.25) is 0 Å². The Kier molecular flexibility index (Phi) is 8.74. The Labute approximate surface area is 235 Å². The molecule has 0 radical (unpaired) electrons. The third kappa shape index (κ3) is 6.74. The van der Waals surface area contributed by atoms with E-state index < -0.39 is 42.0 Å². The van der Waals surface area contributed by atoms with Gasteiger partial charge < -0.3 is 24.2 Å². The fourth-order valence-electron chi connectivity index (χ4n) is 6.40. The van der Waals surface area contributed by atoms with Crippen LogP contribution < -0.4 is 0 Å². The number of alkyl halides is 6. The lowest BCUT2D eigenvalue weighted by atomic mass is 9.75. The van der Waals surface area contributed by atoms with Gasteiger partial charge in [-0.15, -0.1) is 0 Å². The standard InChI is InChI=1S/C30H35F6NO4/c1-19(22-13-23(29(31,32)33)15-24(14-22)30(34,35)36)41-27-26(20-5-3-2-4-6-20)21(7-12-40-27)16-37-10-8-28(9-11-37)18-39-17-25(28)38/h2-6,13-15,19,21,25-27,38H,7-12,16-18H2,1H3. The maximum absolute atomic E-state index is 13.5. The summed E-state index contributed by atoms with van der Waals surface area (Å²) in [5.74, 6) is -0.203. The zero-order valence-corrected chi connectivity index (χ0v) is 22.8. The Hall–Kier alpha value is -2.18. The molecule has 5 rings (SSSR count). The SMILES string of the molecule is CC(OC1OCCC(CN2CCC3(CC2)COCC3O)C1c1ccccc1)c1cc(C(F)(F)F)cc(C(F)(F)F)c1. The lowest BCUT2D eigenvalue weighted by molar-refractivity contribution is -0.210. The van der Waals surface area contributed by atoms with Crippen LogP contribution in [0.25, 0.3) is 0 Å². The third-order valence-electron chi connectivity index (χ3n) is 8.89. The fourth-order valence-corrected chi connectivity index (χ4v) is 6.40. The molecule has 41 heavy (non-hydrogen) atoms. The van der Waals surface area contributed by atoms with Crippen LogP contribution in [0.3, 0.4) is 0 Å². The molecule has 3 aliphatic rings. The van der Waals surface area contributed by atoms with E-state index in [4.69, 9.17) is 14.2 Å². The van der Waals surface area contributed by atoms with E-state index in [1.54, 1.807) is 0 Å². The summed E-state index contributed by atoms with van der Waals surface area (Å²) in [6.07, 6.45) is -9.93. The highest BCUT2D eigenvalue weighted by molar-refractivity contribution is 5.35. The summed E-state index contributed by atoms with van der Waals surface area (Å²) >= 11 is 0. The maximum atomic E-state index is 13.5. The van der Waals surface area contributed by atoms with E-state index >= 15 is 0 Å². The molecule has 0 aliphatic carbocycles. The van der Waals surface area contributed by atoms with Gasteiger partial charge in [-0.2, -0.15) is 26.3 Å². The van der Waals surface area contributed by atoms with E-state index in [0.29, 0.717) is 32.0 Å². The van der Waals surface area contributed by atoms with Gasteiger partial charge in [0, 0.05) is 17.9 Å². The highest BCUT2D eigenvalue weighted by Gasteiger charge is 2.46. The van der Waals surface area contributed by atoms with Crippen LogP contribution in [0.4, 0.5) is 26.3 Å². The van der Waals surface area contributed by atoms with Crippen LogP contribution in [0.2, 0.25) is 0 Å². The number of benzene rings is 2. The molecule has 3 aliphatic heterocycles. The van der Waals surface area contributed by atoms with Crippen molar-refractivity contribution in [3.63, 3.8) is 0 Å². The van der Waals surface area contributed by atoms with Crippen LogP contribution in [0, 0.1) is 11.3 Å². The van der Waals surface area contributed by atoms with Crippen LogP contribution in [0.1, 0.15) is 60.5 Å². The number of nitrogens with zero attached hydrogens (tertiary/aromatic N) is 1. The Morgan fingerprint density at radius 2 is 1.63 bits per heavy atom. The van der Waals surface area contributed by atoms with Gasteiger partial charge in [-0.3, -0.25) is 0 Å². The number of ether oxygens (including phenoxy) is 3. The smallest absolute Gasteiger partial charge is 0.390 e. The van der Waals surface area contributed by atoms with E-state index in [2.05, 4.69) is 4.90 Å². The Morgan fingerprint density at radius 3 is 2.20 bits per heavy atom. The molecule has 0 bridgehead atoms. The van der Waals surface area contributed by atoms with E-state index in [0.717, 1.165) is 44.5 Å². The third-order valence-corrected chi connectivity index (χ3v) is 8.89. The van der Waals surface area contributed by atoms with Crippen LogP contribution in [-0.2, 0) is 26.6 Å². The number of hydrogen-bond donors (Lipinski definition) is 1. The molecule has 2 aromatic carbocycles. The topological polar surface area (TPSA) is 51.2 Å². The molecule has 226 valence electrons. The number of aliphatic hydroxyl groups is 1. The Bertz CT molecular complexity index is 1130. The van der Waals surface area contributed by atoms with Crippen molar-refractivity contribution in [3.05, 3.63) is 70.8 Å². The molecule has 5 nitrogen and oxygen atoms in total. The van der Waals surface area contributed by atoms with E-state index in [-0.39, 0.29) is 28.9 Å². The molecule has 0 aromatic heterocycles. The van der Waals surface area contributed by atoms with Gasteiger partial charge in [-0.1, -0.05) is 30.3 Å². The van der Waals surface area contributed by atoms with Gasteiger partial charge in [0.05, 0.1) is 43.2 Å². The second-order valence-corrected chi connectivity index (χ2v) is 11.5. The van der Waals surface area contributed by atoms with Crippen molar-refractivity contribution in [1.29, 1.82) is 0 Å².